The molecule has 2 N–H and O–H groups in total. The molecule has 2 atom stereocenters. The van der Waals surface area contributed by atoms with Crippen molar-refractivity contribution in [2.24, 2.45) is 11.7 Å². The van der Waals surface area contributed by atoms with Gasteiger partial charge in [0.1, 0.15) is 17.7 Å². The molecule has 0 aliphatic carbocycles. The van der Waals surface area contributed by atoms with Crippen LogP contribution >= 0.6 is 0 Å². The molecule has 3 rings (SSSR count). The van der Waals surface area contributed by atoms with Gasteiger partial charge in [-0.05, 0) is 57.0 Å². The summed E-state index contributed by atoms with van der Waals surface area (Å²) in [6.07, 6.45) is 3.33. The summed E-state index contributed by atoms with van der Waals surface area (Å²) < 4.78 is 19.1. The molecule has 4 heteroatoms. The smallest absolute Gasteiger partial charge is 0.123 e. The lowest BCUT2D eigenvalue weighted by Crippen LogP contribution is -2.43. The van der Waals surface area contributed by atoms with Gasteiger partial charge < -0.3 is 10.5 Å². The topological polar surface area (TPSA) is 38.5 Å². The second-order valence-electron chi connectivity index (χ2n) is 6.19. The van der Waals surface area contributed by atoms with Crippen LogP contribution in [0.1, 0.15) is 25.3 Å². The van der Waals surface area contributed by atoms with E-state index in [0.717, 1.165) is 37.4 Å². The number of nitrogens with zero attached hydrogens (tertiary/aromatic N) is 1. The fourth-order valence-electron chi connectivity index (χ4n) is 3.34. The second-order valence-corrected chi connectivity index (χ2v) is 6.19. The van der Waals surface area contributed by atoms with Crippen molar-refractivity contribution in [2.45, 2.75) is 38.3 Å². The molecular weight excluding hydrogens is 255 g/mol. The van der Waals surface area contributed by atoms with Crippen molar-refractivity contribution < 1.29 is 9.13 Å². The summed E-state index contributed by atoms with van der Waals surface area (Å²) >= 11 is 0. The van der Waals surface area contributed by atoms with Gasteiger partial charge in [0.05, 0.1) is 0 Å². The first-order valence-corrected chi connectivity index (χ1v) is 7.55. The van der Waals surface area contributed by atoms with Crippen LogP contribution in [0.3, 0.4) is 0 Å². The Balaban J connectivity index is 1.52. The number of piperidine rings is 1. The molecule has 2 aliphatic rings. The van der Waals surface area contributed by atoms with Gasteiger partial charge >= 0.3 is 0 Å². The maximum Gasteiger partial charge on any atom is 0.123 e. The van der Waals surface area contributed by atoms with E-state index in [9.17, 15) is 4.39 Å². The zero-order valence-corrected chi connectivity index (χ0v) is 12.0. The Kier molecular flexibility index (Phi) is 3.94. The van der Waals surface area contributed by atoms with Gasteiger partial charge in [0.2, 0.25) is 0 Å². The Morgan fingerprint density at radius 3 is 2.85 bits per heavy atom. The monoisotopic (exact) mass is 278 g/mol. The van der Waals surface area contributed by atoms with Crippen LogP contribution in [0.5, 0.6) is 5.75 Å². The zero-order valence-electron chi connectivity index (χ0n) is 12.0. The zero-order chi connectivity index (χ0) is 14.1. The van der Waals surface area contributed by atoms with Crippen LogP contribution in [0.15, 0.2) is 18.2 Å². The number of hydrogen-bond acceptors (Lipinski definition) is 3. The van der Waals surface area contributed by atoms with Crippen LogP contribution in [-0.4, -0.2) is 36.7 Å². The summed E-state index contributed by atoms with van der Waals surface area (Å²) in [5.74, 6) is 1.33. The fourth-order valence-corrected chi connectivity index (χ4v) is 3.34. The van der Waals surface area contributed by atoms with E-state index in [1.807, 2.05) is 0 Å². The van der Waals surface area contributed by atoms with Crippen molar-refractivity contribution in [3.05, 3.63) is 29.6 Å². The van der Waals surface area contributed by atoms with Crippen LogP contribution in [0.4, 0.5) is 4.39 Å². The summed E-state index contributed by atoms with van der Waals surface area (Å²) in [5.41, 5.74) is 6.97. The number of benzene rings is 1. The third kappa shape index (κ3) is 2.96. The maximum absolute atomic E-state index is 13.2. The first kappa shape index (κ1) is 13.8. The molecule has 2 aliphatic heterocycles. The van der Waals surface area contributed by atoms with Gasteiger partial charge in [-0.2, -0.15) is 0 Å². The van der Waals surface area contributed by atoms with Gasteiger partial charge in [0, 0.05) is 24.6 Å². The molecule has 0 amide bonds. The Morgan fingerprint density at radius 1 is 1.40 bits per heavy atom. The Bertz CT molecular complexity index is 470. The number of fused-ring (bicyclic) bond motifs is 1. The third-order valence-electron chi connectivity index (χ3n) is 4.60. The molecule has 1 saturated heterocycles. The summed E-state index contributed by atoms with van der Waals surface area (Å²) in [6.45, 7) is 5.22. The SMILES string of the molecule is CC(N)C1CCN(CC2Cc3cc(F)ccc3O2)CC1. The van der Waals surface area contributed by atoms with Crippen molar-refractivity contribution in [1.82, 2.24) is 4.90 Å². The molecule has 2 heterocycles. The molecule has 20 heavy (non-hydrogen) atoms. The predicted molar refractivity (Wildman–Crippen MR) is 77.3 cm³/mol. The molecule has 110 valence electrons. The van der Waals surface area contributed by atoms with Gasteiger partial charge in [-0.25, -0.2) is 4.39 Å². The minimum Gasteiger partial charge on any atom is -0.488 e. The molecule has 0 bridgehead atoms. The van der Waals surface area contributed by atoms with E-state index >= 15 is 0 Å². The van der Waals surface area contributed by atoms with Crippen molar-refractivity contribution in [3.63, 3.8) is 0 Å². The summed E-state index contributed by atoms with van der Waals surface area (Å²) in [7, 11) is 0. The molecule has 1 aromatic rings. The van der Waals surface area contributed by atoms with Crippen molar-refractivity contribution >= 4 is 0 Å². The number of rotatable bonds is 3. The molecule has 0 radical (unpaired) electrons. The highest BCUT2D eigenvalue weighted by atomic mass is 19.1. The van der Waals surface area contributed by atoms with Gasteiger partial charge in [-0.15, -0.1) is 0 Å². The Morgan fingerprint density at radius 2 is 2.15 bits per heavy atom. The first-order chi connectivity index (χ1) is 9.61. The average molecular weight is 278 g/mol. The molecule has 0 aromatic heterocycles. The van der Waals surface area contributed by atoms with Gasteiger partial charge in [-0.3, -0.25) is 4.90 Å². The highest BCUT2D eigenvalue weighted by Crippen LogP contribution is 2.30. The molecule has 1 aromatic carbocycles. The van der Waals surface area contributed by atoms with Gasteiger partial charge in [0.25, 0.3) is 0 Å². The van der Waals surface area contributed by atoms with Crippen molar-refractivity contribution in [3.8, 4) is 5.75 Å². The van der Waals surface area contributed by atoms with Crippen LogP contribution in [-0.2, 0) is 6.42 Å². The second kappa shape index (κ2) is 5.70. The number of halogens is 1. The normalized spacial score (nSPS) is 25.2. The fraction of sp³-hybridized carbons (Fsp3) is 0.625. The van der Waals surface area contributed by atoms with Gasteiger partial charge in [0.15, 0.2) is 0 Å². The molecular formula is C16H23FN2O. The minimum atomic E-state index is -0.175. The number of hydrogen-bond donors (Lipinski definition) is 1. The van der Waals surface area contributed by atoms with E-state index < -0.39 is 0 Å². The Labute approximate surface area is 119 Å². The quantitative estimate of drug-likeness (QED) is 0.921. The molecule has 3 nitrogen and oxygen atoms in total. The van der Waals surface area contributed by atoms with E-state index in [1.165, 1.54) is 18.9 Å². The molecule has 0 saturated carbocycles. The molecule has 0 spiro atoms. The average Bonchev–Trinajstić information content (AvgIpc) is 2.80. The molecule has 1 fully saturated rings. The van der Waals surface area contributed by atoms with Crippen LogP contribution in [0.25, 0.3) is 0 Å². The lowest BCUT2D eigenvalue weighted by atomic mass is 9.91. The summed E-state index contributed by atoms with van der Waals surface area (Å²) in [6, 6.07) is 5.10. The van der Waals surface area contributed by atoms with E-state index in [1.54, 1.807) is 12.1 Å². The lowest BCUT2D eigenvalue weighted by Gasteiger charge is -2.34. The highest BCUT2D eigenvalue weighted by Gasteiger charge is 2.28. The first-order valence-electron chi connectivity index (χ1n) is 7.55. The number of ether oxygens (including phenoxy) is 1. The summed E-state index contributed by atoms with van der Waals surface area (Å²) in [5, 5.41) is 0. The highest BCUT2D eigenvalue weighted by molar-refractivity contribution is 5.37. The van der Waals surface area contributed by atoms with Gasteiger partial charge in [-0.1, -0.05) is 0 Å². The number of likely N-dealkylation sites (tertiary alicyclic amines) is 1. The Hall–Kier alpha value is -1.13. The standard InChI is InChI=1S/C16H23FN2O/c1-11(18)12-4-6-19(7-5-12)10-15-9-13-8-14(17)2-3-16(13)20-15/h2-3,8,11-12,15H,4-7,9-10,18H2,1H3. The van der Waals surface area contributed by atoms with Crippen molar-refractivity contribution in [1.29, 1.82) is 0 Å². The molecule has 2 unspecified atom stereocenters. The van der Waals surface area contributed by atoms with Crippen molar-refractivity contribution in [2.75, 3.05) is 19.6 Å². The van der Waals surface area contributed by atoms with E-state index in [2.05, 4.69) is 11.8 Å². The lowest BCUT2D eigenvalue weighted by molar-refractivity contribution is 0.112. The maximum atomic E-state index is 13.2. The minimum absolute atomic E-state index is 0.165. The predicted octanol–water partition coefficient (Wildman–Crippen LogP) is 2.19. The largest absolute Gasteiger partial charge is 0.488 e. The van der Waals surface area contributed by atoms with E-state index in [4.69, 9.17) is 10.5 Å². The van der Waals surface area contributed by atoms with Crippen LogP contribution in [0, 0.1) is 11.7 Å². The third-order valence-corrected chi connectivity index (χ3v) is 4.60. The number of nitrogens with two attached hydrogens (primary N) is 1. The van der Waals surface area contributed by atoms with E-state index in [0.29, 0.717) is 12.0 Å². The summed E-state index contributed by atoms with van der Waals surface area (Å²) in [4.78, 5) is 2.45. The van der Waals surface area contributed by atoms with Crippen LogP contribution in [0.2, 0.25) is 0 Å². The van der Waals surface area contributed by atoms with E-state index in [-0.39, 0.29) is 11.9 Å². The van der Waals surface area contributed by atoms with Crippen LogP contribution < -0.4 is 10.5 Å².